The molecule has 1 aliphatic rings. The van der Waals surface area contributed by atoms with Gasteiger partial charge in [0.25, 0.3) is 0 Å². The third kappa shape index (κ3) is 3.51. The van der Waals surface area contributed by atoms with Gasteiger partial charge in [0, 0.05) is 26.2 Å². The lowest BCUT2D eigenvalue weighted by atomic mass is 10.3. The number of amides is 2. The highest BCUT2D eigenvalue weighted by Crippen LogP contribution is 2.01. The van der Waals surface area contributed by atoms with Gasteiger partial charge in [-0.1, -0.05) is 0 Å². The molecule has 0 atom stereocenters. The summed E-state index contributed by atoms with van der Waals surface area (Å²) in [5.74, 6) is 0. The predicted octanol–water partition coefficient (Wildman–Crippen LogP) is -0.708. The average molecular weight is 200 g/mol. The van der Waals surface area contributed by atoms with Crippen LogP contribution >= 0.6 is 0 Å². The second kappa shape index (κ2) is 5.82. The summed E-state index contributed by atoms with van der Waals surface area (Å²) >= 11 is 0. The molecule has 0 saturated carbocycles. The Kier molecular flexibility index (Phi) is 4.69. The van der Waals surface area contributed by atoms with Crippen LogP contribution in [0.5, 0.6) is 0 Å². The minimum Gasteiger partial charge on any atom is -0.351 e. The molecule has 14 heavy (non-hydrogen) atoms. The quantitative estimate of drug-likeness (QED) is 0.589. The van der Waals surface area contributed by atoms with Gasteiger partial charge < -0.3 is 16.0 Å². The van der Waals surface area contributed by atoms with Crippen molar-refractivity contribution in [3.8, 4) is 0 Å². The van der Waals surface area contributed by atoms with Crippen molar-refractivity contribution in [2.45, 2.75) is 6.42 Å². The first kappa shape index (κ1) is 11.3. The van der Waals surface area contributed by atoms with E-state index in [-0.39, 0.29) is 6.03 Å². The molecule has 0 spiro atoms. The molecular weight excluding hydrogens is 180 g/mol. The van der Waals surface area contributed by atoms with Gasteiger partial charge in [0.2, 0.25) is 0 Å². The summed E-state index contributed by atoms with van der Waals surface area (Å²) in [6.45, 7) is 5.60. The Morgan fingerprint density at radius 1 is 1.36 bits per heavy atom. The maximum atomic E-state index is 10.8. The van der Waals surface area contributed by atoms with Gasteiger partial charge in [0.1, 0.15) is 0 Å². The Bertz CT molecular complexity index is 178. The van der Waals surface area contributed by atoms with Crippen LogP contribution < -0.4 is 11.1 Å². The molecule has 0 aromatic carbocycles. The molecule has 0 aliphatic carbocycles. The van der Waals surface area contributed by atoms with Crippen LogP contribution in [-0.4, -0.2) is 62.1 Å². The first-order valence-electron chi connectivity index (χ1n) is 5.15. The van der Waals surface area contributed by atoms with E-state index in [0.717, 1.165) is 45.7 Å². The Balaban J connectivity index is 2.12. The first-order chi connectivity index (χ1) is 6.74. The van der Waals surface area contributed by atoms with E-state index in [4.69, 9.17) is 5.73 Å². The molecule has 0 aromatic rings. The summed E-state index contributed by atoms with van der Waals surface area (Å²) < 4.78 is 0. The van der Waals surface area contributed by atoms with Crippen LogP contribution in [-0.2, 0) is 0 Å². The number of urea groups is 1. The van der Waals surface area contributed by atoms with Crippen LogP contribution in [0.3, 0.4) is 0 Å². The Morgan fingerprint density at radius 3 is 2.50 bits per heavy atom. The van der Waals surface area contributed by atoms with Gasteiger partial charge in [0.15, 0.2) is 0 Å². The fraction of sp³-hybridized carbons (Fsp3) is 0.889. The summed E-state index contributed by atoms with van der Waals surface area (Å²) in [5, 5.41) is 3.12. The zero-order valence-electron chi connectivity index (χ0n) is 8.83. The van der Waals surface area contributed by atoms with Crippen LogP contribution in [0.25, 0.3) is 0 Å². The van der Waals surface area contributed by atoms with Crippen LogP contribution in [0.2, 0.25) is 0 Å². The zero-order chi connectivity index (χ0) is 10.4. The summed E-state index contributed by atoms with van der Waals surface area (Å²) in [6.07, 6.45) is 1.16. The number of rotatable bonds is 4. The van der Waals surface area contributed by atoms with Crippen LogP contribution in [0, 0.1) is 0 Å². The van der Waals surface area contributed by atoms with Crippen molar-refractivity contribution in [3.63, 3.8) is 0 Å². The summed E-state index contributed by atoms with van der Waals surface area (Å²) in [4.78, 5) is 14.9. The second-order valence-electron chi connectivity index (χ2n) is 3.62. The second-order valence-corrected chi connectivity index (χ2v) is 3.62. The lowest BCUT2D eigenvalue weighted by molar-refractivity contribution is 0.144. The molecule has 2 amide bonds. The number of hydrogen-bond acceptors (Lipinski definition) is 3. The van der Waals surface area contributed by atoms with Crippen molar-refractivity contribution in [2.75, 3.05) is 46.3 Å². The van der Waals surface area contributed by atoms with Crippen LogP contribution in [0.4, 0.5) is 4.79 Å². The molecule has 1 fully saturated rings. The van der Waals surface area contributed by atoms with Gasteiger partial charge in [-0.25, -0.2) is 4.79 Å². The van der Waals surface area contributed by atoms with Gasteiger partial charge in [-0.3, -0.25) is 4.90 Å². The number of nitrogens with zero attached hydrogens (tertiary/aromatic N) is 2. The maximum absolute atomic E-state index is 10.8. The van der Waals surface area contributed by atoms with E-state index in [2.05, 4.69) is 10.2 Å². The summed E-state index contributed by atoms with van der Waals surface area (Å²) in [6, 6.07) is -0.292. The van der Waals surface area contributed by atoms with Crippen molar-refractivity contribution >= 4 is 6.03 Å². The van der Waals surface area contributed by atoms with E-state index in [0.29, 0.717) is 0 Å². The van der Waals surface area contributed by atoms with E-state index in [9.17, 15) is 4.79 Å². The zero-order valence-corrected chi connectivity index (χ0v) is 8.83. The molecular formula is C9H20N4O. The molecule has 1 aliphatic heterocycles. The summed E-state index contributed by atoms with van der Waals surface area (Å²) in [7, 11) is 1.96. The number of piperazine rings is 1. The number of carbonyl (C=O) groups excluding carboxylic acids is 1. The normalized spacial score (nSPS) is 18.5. The third-order valence-corrected chi connectivity index (χ3v) is 2.59. The molecule has 1 rings (SSSR count). The van der Waals surface area contributed by atoms with E-state index in [1.807, 2.05) is 7.05 Å². The Hall–Kier alpha value is -0.810. The molecule has 1 heterocycles. The number of nitrogens with two attached hydrogens (primary N) is 1. The van der Waals surface area contributed by atoms with E-state index < -0.39 is 0 Å². The lowest BCUT2D eigenvalue weighted by Gasteiger charge is -2.33. The molecule has 82 valence electrons. The highest BCUT2D eigenvalue weighted by atomic mass is 16.2. The number of primary amides is 1. The number of carbonyl (C=O) groups is 1. The molecule has 0 radical (unpaired) electrons. The Labute approximate surface area is 85.2 Å². The first-order valence-corrected chi connectivity index (χ1v) is 5.15. The van der Waals surface area contributed by atoms with Crippen molar-refractivity contribution < 1.29 is 4.79 Å². The number of hydrogen-bond donors (Lipinski definition) is 2. The highest BCUT2D eigenvalue weighted by molar-refractivity contribution is 5.72. The molecule has 5 heteroatoms. The monoisotopic (exact) mass is 200 g/mol. The van der Waals surface area contributed by atoms with E-state index >= 15 is 0 Å². The van der Waals surface area contributed by atoms with Gasteiger partial charge in [-0.15, -0.1) is 0 Å². The average Bonchev–Trinajstić information content (AvgIpc) is 2.19. The molecule has 3 N–H and O–H groups in total. The van der Waals surface area contributed by atoms with Gasteiger partial charge in [0.05, 0.1) is 0 Å². The highest BCUT2D eigenvalue weighted by Gasteiger charge is 2.18. The van der Waals surface area contributed by atoms with Crippen molar-refractivity contribution in [2.24, 2.45) is 5.73 Å². The van der Waals surface area contributed by atoms with Gasteiger partial charge >= 0.3 is 6.03 Å². The van der Waals surface area contributed by atoms with Gasteiger partial charge in [-0.05, 0) is 26.6 Å². The van der Waals surface area contributed by atoms with Crippen molar-refractivity contribution in [3.05, 3.63) is 0 Å². The number of nitrogens with one attached hydrogen (secondary N) is 1. The Morgan fingerprint density at radius 2 is 2.00 bits per heavy atom. The van der Waals surface area contributed by atoms with Crippen LogP contribution in [0.1, 0.15) is 6.42 Å². The predicted molar refractivity (Wildman–Crippen MR) is 56.1 cm³/mol. The van der Waals surface area contributed by atoms with E-state index in [1.165, 1.54) is 0 Å². The van der Waals surface area contributed by atoms with Gasteiger partial charge in [-0.2, -0.15) is 0 Å². The largest absolute Gasteiger partial charge is 0.351 e. The fourth-order valence-electron chi connectivity index (χ4n) is 1.67. The lowest BCUT2D eigenvalue weighted by Crippen LogP contribution is -2.50. The molecule has 0 unspecified atom stereocenters. The minimum atomic E-state index is -0.292. The molecule has 1 saturated heterocycles. The van der Waals surface area contributed by atoms with Crippen molar-refractivity contribution in [1.82, 2.24) is 15.1 Å². The topological polar surface area (TPSA) is 61.6 Å². The smallest absolute Gasteiger partial charge is 0.314 e. The molecule has 5 nitrogen and oxygen atoms in total. The molecule has 0 aromatic heterocycles. The standard InChI is InChI=1S/C9H20N4O/c1-11-3-2-4-12-5-7-13(8-6-12)9(10)14/h11H,2-8H2,1H3,(H2,10,14). The third-order valence-electron chi connectivity index (χ3n) is 2.59. The molecule has 0 bridgehead atoms. The SMILES string of the molecule is CNCCCN1CCN(C(N)=O)CC1. The summed E-state index contributed by atoms with van der Waals surface area (Å²) in [5.41, 5.74) is 5.19. The minimum absolute atomic E-state index is 0.292. The van der Waals surface area contributed by atoms with Crippen molar-refractivity contribution in [1.29, 1.82) is 0 Å². The van der Waals surface area contributed by atoms with Crippen LogP contribution in [0.15, 0.2) is 0 Å². The van der Waals surface area contributed by atoms with E-state index in [1.54, 1.807) is 4.90 Å². The maximum Gasteiger partial charge on any atom is 0.314 e. The fourth-order valence-corrected chi connectivity index (χ4v) is 1.67.